The number of furan rings is 1. The number of methoxy groups -OCH3 is 1. The molecule has 1 fully saturated rings. The highest BCUT2D eigenvalue weighted by molar-refractivity contribution is 6.51. The van der Waals surface area contributed by atoms with Crippen molar-refractivity contribution in [2.24, 2.45) is 0 Å². The second kappa shape index (κ2) is 7.44. The number of rotatable bonds is 4. The molecule has 1 amide bonds. The number of phenols is 1. The van der Waals surface area contributed by atoms with Gasteiger partial charge in [0.1, 0.15) is 29.1 Å². The second-order valence-electron chi connectivity index (χ2n) is 6.91. The first-order valence-electron chi connectivity index (χ1n) is 9.21. The quantitative estimate of drug-likeness (QED) is 0.388. The van der Waals surface area contributed by atoms with Gasteiger partial charge in [0.15, 0.2) is 0 Å². The molecule has 0 radical (unpaired) electrons. The summed E-state index contributed by atoms with van der Waals surface area (Å²) in [6.07, 6.45) is 1.41. The molecule has 1 atom stereocenters. The highest BCUT2D eigenvalue weighted by Gasteiger charge is 2.49. The van der Waals surface area contributed by atoms with Crippen molar-refractivity contribution in [2.75, 3.05) is 12.0 Å². The van der Waals surface area contributed by atoms with Crippen LogP contribution in [0.25, 0.3) is 5.76 Å². The molecular formula is C23H19NO6. The molecule has 2 N–H and O–H groups in total. The zero-order chi connectivity index (χ0) is 21.4. The Bertz CT molecular complexity index is 1160. The number of aryl methyl sites for hydroxylation is 1. The van der Waals surface area contributed by atoms with Gasteiger partial charge in [-0.1, -0.05) is 18.2 Å². The summed E-state index contributed by atoms with van der Waals surface area (Å²) in [5.41, 5.74) is 1.13. The van der Waals surface area contributed by atoms with Crippen LogP contribution in [0.4, 0.5) is 5.69 Å². The van der Waals surface area contributed by atoms with E-state index >= 15 is 0 Å². The van der Waals surface area contributed by atoms with Crippen molar-refractivity contribution in [1.29, 1.82) is 0 Å². The van der Waals surface area contributed by atoms with Gasteiger partial charge in [-0.05, 0) is 48.9 Å². The number of Topliss-reactive ketones (excluding diaryl/α,β-unsaturated/α-hetero) is 1. The molecule has 0 spiro atoms. The number of ether oxygens (including phenoxy) is 1. The first-order valence-corrected chi connectivity index (χ1v) is 9.21. The summed E-state index contributed by atoms with van der Waals surface area (Å²) in [4.78, 5) is 27.1. The van der Waals surface area contributed by atoms with Gasteiger partial charge in [0.25, 0.3) is 11.7 Å². The molecule has 1 unspecified atom stereocenters. The van der Waals surface area contributed by atoms with Crippen molar-refractivity contribution < 1.29 is 29.0 Å². The molecule has 2 heterocycles. The number of hydrogen-bond acceptors (Lipinski definition) is 6. The summed E-state index contributed by atoms with van der Waals surface area (Å²) < 4.78 is 10.7. The Balaban J connectivity index is 1.95. The van der Waals surface area contributed by atoms with Crippen LogP contribution in [0.1, 0.15) is 22.9 Å². The summed E-state index contributed by atoms with van der Waals surface area (Å²) in [5, 5.41) is 21.4. The Morgan fingerprint density at radius 3 is 2.60 bits per heavy atom. The fourth-order valence-electron chi connectivity index (χ4n) is 3.55. The lowest BCUT2D eigenvalue weighted by molar-refractivity contribution is -0.132. The van der Waals surface area contributed by atoms with Crippen molar-refractivity contribution >= 4 is 23.1 Å². The number of aliphatic hydroxyl groups is 1. The normalized spacial score (nSPS) is 18.1. The number of benzene rings is 2. The average Bonchev–Trinajstić information content (AvgIpc) is 3.37. The van der Waals surface area contributed by atoms with E-state index in [0.717, 1.165) is 10.5 Å². The van der Waals surface area contributed by atoms with Gasteiger partial charge < -0.3 is 19.4 Å². The lowest BCUT2D eigenvalue weighted by atomic mass is 9.99. The zero-order valence-electron chi connectivity index (χ0n) is 16.3. The van der Waals surface area contributed by atoms with E-state index in [4.69, 9.17) is 9.15 Å². The third-order valence-electron chi connectivity index (χ3n) is 4.99. The van der Waals surface area contributed by atoms with Gasteiger partial charge in [0, 0.05) is 5.56 Å². The number of amides is 1. The predicted molar refractivity (Wildman–Crippen MR) is 109 cm³/mol. The number of nitrogens with zero attached hydrogens (tertiary/aromatic N) is 1. The Morgan fingerprint density at radius 1 is 1.10 bits per heavy atom. The molecule has 4 rings (SSSR count). The minimum atomic E-state index is -1.04. The van der Waals surface area contributed by atoms with E-state index in [-0.39, 0.29) is 28.5 Å². The molecule has 152 valence electrons. The molecule has 1 aliphatic heterocycles. The largest absolute Gasteiger partial charge is 0.507 e. The van der Waals surface area contributed by atoms with Crippen LogP contribution in [-0.4, -0.2) is 29.0 Å². The number of carbonyl (C=O) groups excluding carboxylic acids is 2. The monoisotopic (exact) mass is 405 g/mol. The van der Waals surface area contributed by atoms with Crippen LogP contribution < -0.4 is 9.64 Å². The average molecular weight is 405 g/mol. The lowest BCUT2D eigenvalue weighted by Crippen LogP contribution is -2.29. The highest BCUT2D eigenvalue weighted by Crippen LogP contribution is 2.45. The summed E-state index contributed by atoms with van der Waals surface area (Å²) >= 11 is 0. The molecular weight excluding hydrogens is 386 g/mol. The van der Waals surface area contributed by atoms with Gasteiger partial charge in [-0.2, -0.15) is 0 Å². The Morgan fingerprint density at radius 2 is 1.90 bits per heavy atom. The van der Waals surface area contributed by atoms with Gasteiger partial charge in [0.2, 0.25) is 0 Å². The molecule has 30 heavy (non-hydrogen) atoms. The first-order chi connectivity index (χ1) is 14.4. The molecule has 1 saturated heterocycles. The van der Waals surface area contributed by atoms with Gasteiger partial charge in [-0.3, -0.25) is 14.5 Å². The Kier molecular flexibility index (Phi) is 4.79. The molecule has 7 heteroatoms. The van der Waals surface area contributed by atoms with Gasteiger partial charge >= 0.3 is 0 Å². The fourth-order valence-corrected chi connectivity index (χ4v) is 3.55. The smallest absolute Gasteiger partial charge is 0.300 e. The molecule has 0 bridgehead atoms. The van der Waals surface area contributed by atoms with Crippen molar-refractivity contribution in [3.8, 4) is 11.5 Å². The summed E-state index contributed by atoms with van der Waals surface area (Å²) in [5.74, 6) is -1.51. The Hall–Kier alpha value is -4.00. The maximum atomic E-state index is 13.0. The number of aliphatic hydroxyl groups excluding tert-OH is 1. The Labute approximate surface area is 172 Å². The molecule has 0 aliphatic carbocycles. The van der Waals surface area contributed by atoms with Crippen LogP contribution in [0, 0.1) is 6.92 Å². The maximum absolute atomic E-state index is 13.0. The first kappa shape index (κ1) is 19.3. The molecule has 1 aromatic heterocycles. The molecule has 1 aliphatic rings. The van der Waals surface area contributed by atoms with E-state index in [1.165, 1.54) is 19.4 Å². The van der Waals surface area contributed by atoms with Crippen LogP contribution >= 0.6 is 0 Å². The van der Waals surface area contributed by atoms with Crippen LogP contribution in [0.15, 0.2) is 70.9 Å². The van der Waals surface area contributed by atoms with E-state index in [1.54, 1.807) is 55.5 Å². The summed E-state index contributed by atoms with van der Waals surface area (Å²) in [6.45, 7) is 1.80. The summed E-state index contributed by atoms with van der Waals surface area (Å²) in [7, 11) is 1.49. The van der Waals surface area contributed by atoms with Crippen LogP contribution in [0.3, 0.4) is 0 Å². The van der Waals surface area contributed by atoms with Crippen molar-refractivity contribution in [2.45, 2.75) is 13.0 Å². The molecule has 2 aromatic carbocycles. The second-order valence-corrected chi connectivity index (χ2v) is 6.91. The molecule has 0 saturated carbocycles. The molecule has 3 aromatic rings. The van der Waals surface area contributed by atoms with E-state index in [0.29, 0.717) is 11.3 Å². The van der Waals surface area contributed by atoms with Crippen molar-refractivity contribution in [1.82, 2.24) is 0 Å². The third kappa shape index (κ3) is 3.10. The zero-order valence-corrected chi connectivity index (χ0v) is 16.3. The highest BCUT2D eigenvalue weighted by atomic mass is 16.5. The van der Waals surface area contributed by atoms with E-state index in [1.807, 2.05) is 0 Å². The number of hydrogen-bond donors (Lipinski definition) is 2. The number of carbonyl (C=O) groups is 2. The van der Waals surface area contributed by atoms with Gasteiger partial charge in [-0.25, -0.2) is 0 Å². The fraction of sp³-hybridized carbons (Fsp3) is 0.130. The van der Waals surface area contributed by atoms with E-state index in [9.17, 15) is 19.8 Å². The molecule has 7 nitrogen and oxygen atoms in total. The topological polar surface area (TPSA) is 100 Å². The minimum absolute atomic E-state index is 0.135. The third-order valence-corrected chi connectivity index (χ3v) is 4.99. The maximum Gasteiger partial charge on any atom is 0.300 e. The number of ketones is 1. The lowest BCUT2D eigenvalue weighted by Gasteiger charge is -2.24. The SMILES string of the molecule is COc1cccc(/C(O)=C2/C(=O)C(=O)N(c3cc(C)ccc3O)C2c2ccco2)c1. The summed E-state index contributed by atoms with van der Waals surface area (Å²) in [6, 6.07) is 13.5. The van der Waals surface area contributed by atoms with Crippen molar-refractivity contribution in [3.05, 3.63) is 83.3 Å². The van der Waals surface area contributed by atoms with Crippen LogP contribution in [-0.2, 0) is 9.59 Å². The van der Waals surface area contributed by atoms with Crippen LogP contribution in [0.5, 0.6) is 11.5 Å². The minimum Gasteiger partial charge on any atom is -0.507 e. The van der Waals surface area contributed by atoms with Gasteiger partial charge in [-0.15, -0.1) is 0 Å². The number of phenolic OH excluding ortho intramolecular Hbond substituents is 1. The van der Waals surface area contributed by atoms with E-state index in [2.05, 4.69) is 0 Å². The number of anilines is 1. The predicted octanol–water partition coefficient (Wildman–Crippen LogP) is 3.93. The standard InChI is InChI=1S/C23H19NO6/c1-13-8-9-17(25)16(11-13)24-20(18-7-4-10-30-18)19(22(27)23(24)28)21(26)14-5-3-6-15(12-14)29-2/h3-12,20,25-26H,1-2H3/b21-19-. The van der Waals surface area contributed by atoms with Crippen molar-refractivity contribution in [3.63, 3.8) is 0 Å². The van der Waals surface area contributed by atoms with E-state index < -0.39 is 17.7 Å². The van der Waals surface area contributed by atoms with Crippen LogP contribution in [0.2, 0.25) is 0 Å². The van der Waals surface area contributed by atoms with Gasteiger partial charge in [0.05, 0.1) is 24.6 Å². The number of aromatic hydroxyl groups is 1.